The van der Waals surface area contributed by atoms with Gasteiger partial charge in [0, 0.05) is 5.88 Å². The van der Waals surface area contributed by atoms with Gasteiger partial charge in [-0.15, -0.1) is 11.6 Å². The van der Waals surface area contributed by atoms with Crippen LogP contribution in [0.4, 0.5) is 0 Å². The minimum atomic E-state index is 0.654. The lowest BCUT2D eigenvalue weighted by Crippen LogP contribution is -2.00. The molecule has 1 aromatic carbocycles. The van der Waals surface area contributed by atoms with Gasteiger partial charge >= 0.3 is 0 Å². The summed E-state index contributed by atoms with van der Waals surface area (Å²) in [5.74, 6) is 2.37. The summed E-state index contributed by atoms with van der Waals surface area (Å²) in [7, 11) is 0. The number of aryl methyl sites for hydroxylation is 1. The fourth-order valence-corrected chi connectivity index (χ4v) is 1.71. The third-order valence-electron chi connectivity index (χ3n) is 2.37. The molecule has 0 saturated heterocycles. The van der Waals surface area contributed by atoms with Gasteiger partial charge in [-0.1, -0.05) is 13.0 Å². The van der Waals surface area contributed by atoms with Gasteiger partial charge < -0.3 is 9.47 Å². The minimum Gasteiger partial charge on any atom is -0.490 e. The first-order valence-corrected chi connectivity index (χ1v) is 6.79. The van der Waals surface area contributed by atoms with E-state index in [2.05, 4.69) is 19.1 Å². The Balaban J connectivity index is 2.75. The average Bonchev–Trinajstić information content (AvgIpc) is 2.35. The van der Waals surface area contributed by atoms with Gasteiger partial charge in [0.05, 0.1) is 13.2 Å². The van der Waals surface area contributed by atoms with E-state index in [9.17, 15) is 0 Å². The molecule has 0 amide bonds. The van der Waals surface area contributed by atoms with Crippen molar-refractivity contribution in [1.82, 2.24) is 0 Å². The van der Waals surface area contributed by atoms with Gasteiger partial charge in [-0.2, -0.15) is 0 Å². The van der Waals surface area contributed by atoms with Crippen molar-refractivity contribution >= 4 is 11.6 Å². The van der Waals surface area contributed by atoms with Gasteiger partial charge in [0.25, 0.3) is 0 Å². The van der Waals surface area contributed by atoms with Crippen molar-refractivity contribution < 1.29 is 9.47 Å². The van der Waals surface area contributed by atoms with E-state index in [4.69, 9.17) is 21.1 Å². The Bertz CT molecular complexity index is 326. The maximum atomic E-state index is 5.70. The fourth-order valence-electron chi connectivity index (χ4n) is 1.58. The Morgan fingerprint density at radius 2 is 1.94 bits per heavy atom. The van der Waals surface area contributed by atoms with Crippen LogP contribution in [-0.4, -0.2) is 19.1 Å². The van der Waals surface area contributed by atoms with E-state index in [0.717, 1.165) is 37.4 Å². The second kappa shape index (κ2) is 8.24. The Morgan fingerprint density at radius 3 is 2.59 bits per heavy atom. The molecule has 0 heterocycles. The summed E-state index contributed by atoms with van der Waals surface area (Å²) in [6.45, 7) is 5.45. The monoisotopic (exact) mass is 256 g/mol. The van der Waals surface area contributed by atoms with Gasteiger partial charge in [-0.05, 0) is 43.9 Å². The molecule has 0 aromatic heterocycles. The van der Waals surface area contributed by atoms with Crippen LogP contribution in [0.3, 0.4) is 0 Å². The highest BCUT2D eigenvalue weighted by molar-refractivity contribution is 6.17. The number of hydrogen-bond acceptors (Lipinski definition) is 2. The topological polar surface area (TPSA) is 18.5 Å². The van der Waals surface area contributed by atoms with Crippen molar-refractivity contribution in [2.75, 3.05) is 19.1 Å². The Hall–Kier alpha value is -0.890. The molecular weight excluding hydrogens is 236 g/mol. The van der Waals surface area contributed by atoms with Gasteiger partial charge in [-0.3, -0.25) is 0 Å². The summed E-state index contributed by atoms with van der Waals surface area (Å²) in [5.41, 5.74) is 1.25. The predicted octanol–water partition coefficient (Wildman–Crippen LogP) is 4.05. The standard InChI is InChI=1S/C14H21ClO2/c1-3-10-17-13-8-7-12(6-5-9-15)11-14(13)16-4-2/h7-8,11H,3-6,9-10H2,1-2H3. The summed E-state index contributed by atoms with van der Waals surface area (Å²) in [6.07, 6.45) is 2.97. The Labute approximate surface area is 109 Å². The van der Waals surface area contributed by atoms with E-state index in [-0.39, 0.29) is 0 Å². The lowest BCUT2D eigenvalue weighted by atomic mass is 10.1. The highest BCUT2D eigenvalue weighted by Gasteiger charge is 2.06. The van der Waals surface area contributed by atoms with Crippen LogP contribution in [0.5, 0.6) is 11.5 Å². The second-order valence-corrected chi connectivity index (χ2v) is 4.23. The molecule has 0 unspecified atom stereocenters. The van der Waals surface area contributed by atoms with Crippen molar-refractivity contribution in [2.24, 2.45) is 0 Å². The van der Waals surface area contributed by atoms with E-state index in [1.165, 1.54) is 5.56 Å². The first kappa shape index (κ1) is 14.2. The molecule has 0 spiro atoms. The molecule has 1 aromatic rings. The summed E-state index contributed by atoms with van der Waals surface area (Å²) in [6, 6.07) is 6.13. The van der Waals surface area contributed by atoms with E-state index in [1.807, 2.05) is 13.0 Å². The molecule has 96 valence electrons. The minimum absolute atomic E-state index is 0.654. The molecule has 0 radical (unpaired) electrons. The van der Waals surface area contributed by atoms with E-state index in [1.54, 1.807) is 0 Å². The van der Waals surface area contributed by atoms with Crippen molar-refractivity contribution in [3.05, 3.63) is 23.8 Å². The predicted molar refractivity (Wildman–Crippen MR) is 72.4 cm³/mol. The molecule has 1 rings (SSSR count). The fraction of sp³-hybridized carbons (Fsp3) is 0.571. The third kappa shape index (κ3) is 4.86. The Morgan fingerprint density at radius 1 is 1.12 bits per heavy atom. The van der Waals surface area contributed by atoms with Gasteiger partial charge in [0.2, 0.25) is 0 Å². The van der Waals surface area contributed by atoms with Crippen LogP contribution in [0.15, 0.2) is 18.2 Å². The molecule has 0 aliphatic heterocycles. The highest BCUT2D eigenvalue weighted by Crippen LogP contribution is 2.29. The third-order valence-corrected chi connectivity index (χ3v) is 2.64. The highest BCUT2D eigenvalue weighted by atomic mass is 35.5. The number of ether oxygens (including phenoxy) is 2. The molecule has 0 fully saturated rings. The average molecular weight is 257 g/mol. The molecule has 0 saturated carbocycles. The lowest BCUT2D eigenvalue weighted by molar-refractivity contribution is 0.276. The van der Waals surface area contributed by atoms with Crippen molar-refractivity contribution in [2.45, 2.75) is 33.1 Å². The number of halogens is 1. The molecule has 17 heavy (non-hydrogen) atoms. The normalized spacial score (nSPS) is 10.3. The largest absolute Gasteiger partial charge is 0.490 e. The van der Waals surface area contributed by atoms with E-state index < -0.39 is 0 Å². The first-order chi connectivity index (χ1) is 8.31. The molecule has 0 atom stereocenters. The molecule has 2 nitrogen and oxygen atoms in total. The van der Waals surface area contributed by atoms with Crippen LogP contribution in [-0.2, 0) is 6.42 Å². The quantitative estimate of drug-likeness (QED) is 0.654. The second-order valence-electron chi connectivity index (χ2n) is 3.86. The molecular formula is C14H21ClO2. The summed E-state index contributed by atoms with van der Waals surface area (Å²) < 4.78 is 11.2. The van der Waals surface area contributed by atoms with Gasteiger partial charge in [0.15, 0.2) is 11.5 Å². The van der Waals surface area contributed by atoms with Crippen molar-refractivity contribution in [1.29, 1.82) is 0 Å². The van der Waals surface area contributed by atoms with Gasteiger partial charge in [-0.25, -0.2) is 0 Å². The van der Waals surface area contributed by atoms with Crippen LogP contribution in [0.25, 0.3) is 0 Å². The molecule has 0 N–H and O–H groups in total. The number of rotatable bonds is 8. The van der Waals surface area contributed by atoms with Crippen LogP contribution >= 0.6 is 11.6 Å². The zero-order valence-corrected chi connectivity index (χ0v) is 11.4. The van der Waals surface area contributed by atoms with Crippen LogP contribution < -0.4 is 9.47 Å². The smallest absolute Gasteiger partial charge is 0.161 e. The van der Waals surface area contributed by atoms with Crippen LogP contribution in [0, 0.1) is 0 Å². The molecule has 0 aliphatic rings. The molecule has 0 bridgehead atoms. The maximum Gasteiger partial charge on any atom is 0.161 e. The van der Waals surface area contributed by atoms with Crippen LogP contribution in [0.2, 0.25) is 0 Å². The molecule has 0 aliphatic carbocycles. The lowest BCUT2D eigenvalue weighted by Gasteiger charge is -2.12. The summed E-state index contributed by atoms with van der Waals surface area (Å²) in [5, 5.41) is 0. The van der Waals surface area contributed by atoms with Crippen LogP contribution in [0.1, 0.15) is 32.3 Å². The number of alkyl halides is 1. The van der Waals surface area contributed by atoms with Crippen molar-refractivity contribution in [3.8, 4) is 11.5 Å². The summed E-state index contributed by atoms with van der Waals surface area (Å²) in [4.78, 5) is 0. The first-order valence-electron chi connectivity index (χ1n) is 6.26. The Kier molecular flexibility index (Phi) is 6.87. The van der Waals surface area contributed by atoms with E-state index >= 15 is 0 Å². The SMILES string of the molecule is CCCOc1ccc(CCCCl)cc1OCC. The van der Waals surface area contributed by atoms with Gasteiger partial charge in [0.1, 0.15) is 0 Å². The number of hydrogen-bond donors (Lipinski definition) is 0. The maximum absolute atomic E-state index is 5.70. The molecule has 3 heteroatoms. The van der Waals surface area contributed by atoms with E-state index in [0.29, 0.717) is 12.5 Å². The number of benzene rings is 1. The summed E-state index contributed by atoms with van der Waals surface area (Å²) >= 11 is 5.70. The zero-order chi connectivity index (χ0) is 12.5. The zero-order valence-electron chi connectivity index (χ0n) is 10.7. The van der Waals surface area contributed by atoms with Crippen molar-refractivity contribution in [3.63, 3.8) is 0 Å².